The van der Waals surface area contributed by atoms with Crippen molar-refractivity contribution in [2.45, 2.75) is 64.8 Å². The molecule has 0 aromatic carbocycles. The van der Waals surface area contributed by atoms with Gasteiger partial charge in [0.1, 0.15) is 5.82 Å². The number of carbonyl (C=O) groups excluding carboxylic acids is 1. The number of imidazole rings is 1. The Morgan fingerprint density at radius 1 is 1.19 bits per heavy atom. The van der Waals surface area contributed by atoms with Crippen LogP contribution in [0.5, 0.6) is 0 Å². The van der Waals surface area contributed by atoms with Crippen LogP contribution in [-0.4, -0.2) is 33.4 Å². The number of aryl methyl sites for hydroxylation is 2. The molecular weight excluding hydrogens is 262 g/mol. The van der Waals surface area contributed by atoms with E-state index in [9.17, 15) is 4.79 Å². The molecule has 3 rings (SSSR count). The van der Waals surface area contributed by atoms with E-state index in [4.69, 9.17) is 0 Å². The molecule has 4 nitrogen and oxygen atoms in total. The molecule has 0 radical (unpaired) electrons. The maximum absolute atomic E-state index is 12.4. The van der Waals surface area contributed by atoms with Crippen LogP contribution in [0.2, 0.25) is 0 Å². The number of hydrogen-bond acceptors (Lipinski definition) is 2. The second-order valence-electron chi connectivity index (χ2n) is 6.78. The van der Waals surface area contributed by atoms with Crippen LogP contribution in [0, 0.1) is 19.8 Å². The average molecular weight is 289 g/mol. The molecule has 0 unspecified atom stereocenters. The van der Waals surface area contributed by atoms with Gasteiger partial charge in [-0.15, -0.1) is 0 Å². The Morgan fingerprint density at radius 3 is 2.43 bits per heavy atom. The molecule has 21 heavy (non-hydrogen) atoms. The third-order valence-electron chi connectivity index (χ3n) is 5.29. The molecule has 4 heteroatoms. The molecule has 1 saturated heterocycles. The summed E-state index contributed by atoms with van der Waals surface area (Å²) in [4.78, 5) is 18.9. The molecule has 1 aromatic heterocycles. The highest BCUT2D eigenvalue weighted by molar-refractivity contribution is 5.76. The fraction of sp³-hybridized carbons (Fsp3) is 0.765. The maximum atomic E-state index is 12.4. The zero-order chi connectivity index (χ0) is 14.8. The van der Waals surface area contributed by atoms with Gasteiger partial charge in [-0.1, -0.05) is 12.8 Å². The lowest BCUT2D eigenvalue weighted by atomic mass is 10.00. The zero-order valence-corrected chi connectivity index (χ0v) is 13.3. The van der Waals surface area contributed by atoms with Gasteiger partial charge in [-0.05, 0) is 45.4 Å². The number of hydrogen-bond donors (Lipinski definition) is 0. The Morgan fingerprint density at radius 2 is 1.86 bits per heavy atom. The molecule has 0 N–H and O–H groups in total. The largest absolute Gasteiger partial charge is 0.343 e. The lowest BCUT2D eigenvalue weighted by Crippen LogP contribution is -2.39. The van der Waals surface area contributed by atoms with Crippen molar-refractivity contribution in [3.63, 3.8) is 0 Å². The fourth-order valence-electron chi connectivity index (χ4n) is 4.08. The summed E-state index contributed by atoms with van der Waals surface area (Å²) in [5, 5.41) is 0. The van der Waals surface area contributed by atoms with Crippen molar-refractivity contribution in [1.82, 2.24) is 14.5 Å². The first-order valence-corrected chi connectivity index (χ1v) is 8.43. The van der Waals surface area contributed by atoms with E-state index in [1.165, 1.54) is 31.4 Å². The van der Waals surface area contributed by atoms with E-state index in [0.29, 0.717) is 17.9 Å². The van der Waals surface area contributed by atoms with Crippen molar-refractivity contribution in [3.05, 3.63) is 17.7 Å². The Bertz CT molecular complexity index is 475. The van der Waals surface area contributed by atoms with Crippen molar-refractivity contribution in [3.8, 4) is 0 Å². The van der Waals surface area contributed by atoms with E-state index < -0.39 is 0 Å². The first-order valence-electron chi connectivity index (χ1n) is 8.43. The second-order valence-corrected chi connectivity index (χ2v) is 6.78. The van der Waals surface area contributed by atoms with E-state index in [2.05, 4.69) is 28.3 Å². The minimum Gasteiger partial charge on any atom is -0.343 e. The van der Waals surface area contributed by atoms with Gasteiger partial charge in [-0.3, -0.25) is 4.79 Å². The van der Waals surface area contributed by atoms with Gasteiger partial charge in [0.25, 0.3) is 0 Å². The third kappa shape index (κ3) is 3.14. The van der Waals surface area contributed by atoms with Gasteiger partial charge in [0.15, 0.2) is 0 Å². The number of nitrogens with zero attached hydrogens (tertiary/aromatic N) is 3. The number of carbonyl (C=O) groups is 1. The Labute approximate surface area is 127 Å². The maximum Gasteiger partial charge on any atom is 0.222 e. The van der Waals surface area contributed by atoms with Gasteiger partial charge in [0.2, 0.25) is 5.91 Å². The fourth-order valence-corrected chi connectivity index (χ4v) is 4.08. The van der Waals surface area contributed by atoms with Crippen LogP contribution >= 0.6 is 0 Å². The summed E-state index contributed by atoms with van der Waals surface area (Å²) < 4.78 is 2.35. The van der Waals surface area contributed by atoms with Crippen LogP contribution in [0.1, 0.15) is 62.5 Å². The van der Waals surface area contributed by atoms with Crippen molar-refractivity contribution in [1.29, 1.82) is 0 Å². The molecule has 0 bridgehead atoms. The highest BCUT2D eigenvalue weighted by Gasteiger charge is 2.27. The normalized spacial score (nSPS) is 21.1. The molecule has 1 amide bonds. The number of aromatic nitrogens is 2. The first-order chi connectivity index (χ1) is 10.1. The van der Waals surface area contributed by atoms with Gasteiger partial charge in [0, 0.05) is 37.4 Å². The smallest absolute Gasteiger partial charge is 0.222 e. The van der Waals surface area contributed by atoms with Crippen LogP contribution in [0.3, 0.4) is 0 Å². The number of likely N-dealkylation sites (tertiary alicyclic amines) is 1. The summed E-state index contributed by atoms with van der Waals surface area (Å²) in [7, 11) is 0. The minimum atomic E-state index is 0.388. The summed E-state index contributed by atoms with van der Waals surface area (Å²) in [6.45, 7) is 6.02. The molecule has 1 saturated carbocycles. The molecule has 0 atom stereocenters. The monoisotopic (exact) mass is 289 g/mol. The van der Waals surface area contributed by atoms with Gasteiger partial charge in [0.05, 0.1) is 0 Å². The van der Waals surface area contributed by atoms with E-state index in [1.807, 2.05) is 6.20 Å². The minimum absolute atomic E-state index is 0.388. The molecule has 2 aliphatic rings. The summed E-state index contributed by atoms with van der Waals surface area (Å²) in [6, 6.07) is 0.517. The zero-order valence-electron chi connectivity index (χ0n) is 13.3. The summed E-state index contributed by atoms with van der Waals surface area (Å²) in [6.07, 6.45) is 10.0. The molecule has 1 aliphatic heterocycles. The Balaban J connectivity index is 1.54. The van der Waals surface area contributed by atoms with Gasteiger partial charge >= 0.3 is 0 Å². The van der Waals surface area contributed by atoms with E-state index >= 15 is 0 Å². The average Bonchev–Trinajstić information content (AvgIpc) is 3.09. The predicted molar refractivity (Wildman–Crippen MR) is 83.1 cm³/mol. The Hall–Kier alpha value is -1.32. The van der Waals surface area contributed by atoms with E-state index in [-0.39, 0.29) is 0 Å². The summed E-state index contributed by atoms with van der Waals surface area (Å²) in [5.41, 5.74) is 1.24. The van der Waals surface area contributed by atoms with Crippen molar-refractivity contribution in [2.75, 3.05) is 13.1 Å². The summed E-state index contributed by atoms with van der Waals surface area (Å²) >= 11 is 0. The third-order valence-corrected chi connectivity index (χ3v) is 5.29. The molecule has 1 aliphatic carbocycles. The van der Waals surface area contributed by atoms with Gasteiger partial charge < -0.3 is 9.47 Å². The van der Waals surface area contributed by atoms with Crippen LogP contribution < -0.4 is 0 Å². The van der Waals surface area contributed by atoms with E-state index in [0.717, 1.165) is 38.2 Å². The van der Waals surface area contributed by atoms with Crippen LogP contribution in [0.4, 0.5) is 0 Å². The highest BCUT2D eigenvalue weighted by Crippen LogP contribution is 2.30. The summed E-state index contributed by atoms with van der Waals surface area (Å²) in [5.74, 6) is 2.15. The van der Waals surface area contributed by atoms with Crippen molar-refractivity contribution < 1.29 is 4.79 Å². The number of rotatable bonds is 3. The topological polar surface area (TPSA) is 38.1 Å². The lowest BCUT2D eigenvalue weighted by molar-refractivity contribution is -0.133. The first kappa shape index (κ1) is 14.6. The van der Waals surface area contributed by atoms with Crippen molar-refractivity contribution >= 4 is 5.91 Å². The molecule has 2 fully saturated rings. The van der Waals surface area contributed by atoms with Crippen LogP contribution in [-0.2, 0) is 4.79 Å². The molecular formula is C17H27N3O. The molecule has 2 heterocycles. The Kier molecular flexibility index (Phi) is 4.32. The van der Waals surface area contributed by atoms with Crippen molar-refractivity contribution in [2.24, 2.45) is 5.92 Å². The number of piperidine rings is 1. The van der Waals surface area contributed by atoms with Gasteiger partial charge in [-0.25, -0.2) is 4.98 Å². The molecule has 116 valence electrons. The van der Waals surface area contributed by atoms with Crippen LogP contribution in [0.15, 0.2) is 6.20 Å². The second kappa shape index (κ2) is 6.20. The van der Waals surface area contributed by atoms with E-state index in [1.54, 1.807) is 0 Å². The van der Waals surface area contributed by atoms with Gasteiger partial charge in [-0.2, -0.15) is 0 Å². The van der Waals surface area contributed by atoms with Crippen LogP contribution in [0.25, 0.3) is 0 Å². The molecule has 1 aromatic rings. The highest BCUT2D eigenvalue weighted by atomic mass is 16.2. The standard InChI is InChI=1S/C17H27N3O/c1-13-12-18-14(2)20(13)16-7-9-19(10-8-16)17(21)11-15-5-3-4-6-15/h12,15-16H,3-11H2,1-2H3. The SMILES string of the molecule is Cc1cnc(C)n1C1CCN(C(=O)CC2CCCC2)CC1. The molecule has 0 spiro atoms. The quantitative estimate of drug-likeness (QED) is 0.856. The number of amides is 1. The predicted octanol–water partition coefficient (Wildman–Crippen LogP) is 3.24. The lowest BCUT2D eigenvalue weighted by Gasteiger charge is -2.34.